The van der Waals surface area contributed by atoms with Crippen LogP contribution in [0.15, 0.2) is 66.7 Å². The highest BCUT2D eigenvalue weighted by Crippen LogP contribution is 2.21. The van der Waals surface area contributed by atoms with Gasteiger partial charge in [0.2, 0.25) is 0 Å². The van der Waals surface area contributed by atoms with Crippen molar-refractivity contribution in [1.82, 2.24) is 5.32 Å². The van der Waals surface area contributed by atoms with Crippen molar-refractivity contribution >= 4 is 16.7 Å². The third-order valence-electron chi connectivity index (χ3n) is 4.76. The van der Waals surface area contributed by atoms with Crippen molar-refractivity contribution in [3.05, 3.63) is 77.9 Å². The molecular formula is C23H27N2O2+. The summed E-state index contributed by atoms with van der Waals surface area (Å²) in [6.45, 7) is 3.26. The van der Waals surface area contributed by atoms with Gasteiger partial charge in [-0.25, -0.2) is 0 Å². The highest BCUT2D eigenvalue weighted by Gasteiger charge is 2.14. The number of hydrogen-bond acceptors (Lipinski definition) is 2. The van der Waals surface area contributed by atoms with Gasteiger partial charge in [0.15, 0.2) is 6.54 Å². The molecule has 2 atom stereocenters. The Balaban J connectivity index is 1.57. The predicted molar refractivity (Wildman–Crippen MR) is 109 cm³/mol. The van der Waals surface area contributed by atoms with E-state index in [4.69, 9.17) is 4.74 Å². The predicted octanol–water partition coefficient (Wildman–Crippen LogP) is 2.74. The number of quaternary nitrogens is 1. The van der Waals surface area contributed by atoms with Crippen LogP contribution in [0, 0.1) is 0 Å². The Morgan fingerprint density at radius 2 is 1.74 bits per heavy atom. The van der Waals surface area contributed by atoms with Crippen molar-refractivity contribution < 1.29 is 14.4 Å². The topological polar surface area (TPSA) is 42.8 Å². The van der Waals surface area contributed by atoms with Crippen LogP contribution in [-0.4, -0.2) is 26.6 Å². The fraction of sp³-hybridized carbons (Fsp3) is 0.261. The molecule has 0 fully saturated rings. The van der Waals surface area contributed by atoms with Gasteiger partial charge in [0, 0.05) is 5.56 Å². The Labute approximate surface area is 160 Å². The molecule has 1 amide bonds. The van der Waals surface area contributed by atoms with Crippen molar-refractivity contribution in [2.24, 2.45) is 0 Å². The standard InChI is InChI=1S/C23H26N2O2/c1-17(19-7-5-4-6-8-19)24-23(26)16-25(2)15-18-9-10-21-14-22(27-3)12-11-20(21)13-18/h4-14,17H,15-16H2,1-3H3,(H,24,26)/p+1/t17-/m0/s1. The molecule has 1 unspecified atom stereocenters. The first-order valence-corrected chi connectivity index (χ1v) is 9.27. The summed E-state index contributed by atoms with van der Waals surface area (Å²) in [7, 11) is 3.72. The molecule has 0 saturated carbocycles. The second-order valence-electron chi connectivity index (χ2n) is 7.06. The maximum atomic E-state index is 12.4. The summed E-state index contributed by atoms with van der Waals surface area (Å²) < 4.78 is 5.28. The maximum absolute atomic E-state index is 12.4. The summed E-state index contributed by atoms with van der Waals surface area (Å²) >= 11 is 0. The molecule has 0 aromatic heterocycles. The van der Waals surface area contributed by atoms with E-state index in [0.717, 1.165) is 28.1 Å². The van der Waals surface area contributed by atoms with Gasteiger partial charge in [-0.3, -0.25) is 4.79 Å². The number of rotatable bonds is 7. The van der Waals surface area contributed by atoms with Crippen LogP contribution >= 0.6 is 0 Å². The van der Waals surface area contributed by atoms with Gasteiger partial charge < -0.3 is 15.0 Å². The lowest BCUT2D eigenvalue weighted by Gasteiger charge is -2.17. The number of nitrogens with one attached hydrogen (secondary N) is 2. The number of methoxy groups -OCH3 is 1. The van der Waals surface area contributed by atoms with Crippen molar-refractivity contribution in [3.8, 4) is 5.75 Å². The highest BCUT2D eigenvalue weighted by molar-refractivity contribution is 5.84. The second kappa shape index (κ2) is 8.69. The van der Waals surface area contributed by atoms with Crippen LogP contribution in [0.1, 0.15) is 24.1 Å². The van der Waals surface area contributed by atoms with Gasteiger partial charge in [-0.1, -0.05) is 48.5 Å². The normalized spacial score (nSPS) is 13.1. The Kier molecular flexibility index (Phi) is 6.09. The van der Waals surface area contributed by atoms with Gasteiger partial charge in [0.1, 0.15) is 12.3 Å². The van der Waals surface area contributed by atoms with E-state index in [-0.39, 0.29) is 11.9 Å². The van der Waals surface area contributed by atoms with Crippen LogP contribution in [0.5, 0.6) is 5.75 Å². The first-order chi connectivity index (χ1) is 13.0. The number of benzene rings is 3. The van der Waals surface area contributed by atoms with Crippen molar-refractivity contribution in [1.29, 1.82) is 0 Å². The summed E-state index contributed by atoms with van der Waals surface area (Å²) in [4.78, 5) is 13.5. The minimum atomic E-state index is 0.0159. The average molecular weight is 363 g/mol. The monoisotopic (exact) mass is 363 g/mol. The summed E-state index contributed by atoms with van der Waals surface area (Å²) in [5, 5.41) is 5.42. The number of amides is 1. The van der Waals surface area contributed by atoms with Crippen LogP contribution in [0.3, 0.4) is 0 Å². The Morgan fingerprint density at radius 3 is 2.48 bits per heavy atom. The second-order valence-corrected chi connectivity index (χ2v) is 7.06. The first kappa shape index (κ1) is 18.9. The zero-order valence-corrected chi connectivity index (χ0v) is 16.2. The molecule has 0 aliphatic carbocycles. The molecule has 0 spiro atoms. The zero-order chi connectivity index (χ0) is 19.2. The minimum absolute atomic E-state index is 0.0159. The number of likely N-dealkylation sites (N-methyl/N-ethyl adjacent to an activating group) is 1. The molecule has 0 aliphatic heterocycles. The van der Waals surface area contributed by atoms with Crippen LogP contribution in [0.25, 0.3) is 10.8 Å². The number of hydrogen-bond donors (Lipinski definition) is 2. The lowest BCUT2D eigenvalue weighted by molar-refractivity contribution is -0.885. The maximum Gasteiger partial charge on any atom is 0.275 e. The van der Waals surface area contributed by atoms with Gasteiger partial charge in [0.25, 0.3) is 5.91 Å². The quantitative estimate of drug-likeness (QED) is 0.678. The fourth-order valence-corrected chi connectivity index (χ4v) is 3.31. The Hall–Kier alpha value is -2.85. The lowest BCUT2D eigenvalue weighted by atomic mass is 10.1. The van der Waals surface area contributed by atoms with E-state index in [1.165, 1.54) is 10.9 Å². The van der Waals surface area contributed by atoms with E-state index >= 15 is 0 Å². The molecule has 0 bridgehead atoms. The first-order valence-electron chi connectivity index (χ1n) is 9.27. The van der Waals surface area contributed by atoms with E-state index in [2.05, 4.69) is 29.6 Å². The van der Waals surface area contributed by atoms with Crippen LogP contribution < -0.4 is 15.0 Å². The van der Waals surface area contributed by atoms with Gasteiger partial charge in [-0.2, -0.15) is 0 Å². The van der Waals surface area contributed by atoms with Crippen LogP contribution in [0.4, 0.5) is 0 Å². The molecule has 0 aliphatic rings. The van der Waals surface area contributed by atoms with Crippen molar-refractivity contribution in [3.63, 3.8) is 0 Å². The van der Waals surface area contributed by atoms with E-state index in [1.807, 2.05) is 56.4 Å². The van der Waals surface area contributed by atoms with Gasteiger partial charge in [-0.15, -0.1) is 0 Å². The molecule has 0 heterocycles. The van der Waals surface area contributed by atoms with Gasteiger partial charge in [0.05, 0.1) is 20.2 Å². The molecule has 4 nitrogen and oxygen atoms in total. The molecule has 27 heavy (non-hydrogen) atoms. The zero-order valence-electron chi connectivity index (χ0n) is 16.2. The smallest absolute Gasteiger partial charge is 0.275 e. The van der Waals surface area contributed by atoms with Crippen LogP contribution in [-0.2, 0) is 11.3 Å². The van der Waals surface area contributed by atoms with E-state index < -0.39 is 0 Å². The largest absolute Gasteiger partial charge is 0.497 e. The minimum Gasteiger partial charge on any atom is -0.497 e. The fourth-order valence-electron chi connectivity index (χ4n) is 3.31. The molecule has 0 radical (unpaired) electrons. The van der Waals surface area contributed by atoms with Crippen molar-refractivity contribution in [2.75, 3.05) is 20.7 Å². The van der Waals surface area contributed by atoms with E-state index in [9.17, 15) is 4.79 Å². The molecule has 140 valence electrons. The van der Waals surface area contributed by atoms with Crippen LogP contribution in [0.2, 0.25) is 0 Å². The number of carbonyl (C=O) groups is 1. The van der Waals surface area contributed by atoms with E-state index in [1.54, 1.807) is 7.11 Å². The third kappa shape index (κ3) is 5.08. The Morgan fingerprint density at radius 1 is 1.04 bits per heavy atom. The highest BCUT2D eigenvalue weighted by atomic mass is 16.5. The van der Waals surface area contributed by atoms with Crippen molar-refractivity contribution in [2.45, 2.75) is 19.5 Å². The number of ether oxygens (including phenoxy) is 1. The Bertz CT molecular complexity index is 909. The molecule has 3 aromatic carbocycles. The molecular weight excluding hydrogens is 336 g/mol. The summed E-state index contributed by atoms with van der Waals surface area (Å²) in [5.74, 6) is 0.927. The molecule has 3 rings (SSSR count). The van der Waals surface area contributed by atoms with E-state index in [0.29, 0.717) is 6.54 Å². The number of carbonyl (C=O) groups excluding carboxylic acids is 1. The SMILES string of the molecule is COc1ccc2cc(C[NH+](C)CC(=O)N[C@@H](C)c3ccccc3)ccc2c1. The molecule has 3 aromatic rings. The van der Waals surface area contributed by atoms with Gasteiger partial charge >= 0.3 is 0 Å². The molecule has 4 heteroatoms. The van der Waals surface area contributed by atoms with Gasteiger partial charge in [-0.05, 0) is 41.5 Å². The average Bonchev–Trinajstić information content (AvgIpc) is 2.68. The third-order valence-corrected chi connectivity index (χ3v) is 4.76. The summed E-state index contributed by atoms with van der Waals surface area (Å²) in [6, 6.07) is 22.5. The summed E-state index contributed by atoms with van der Waals surface area (Å²) in [6.07, 6.45) is 0. The lowest BCUT2D eigenvalue weighted by Crippen LogP contribution is -3.08. The molecule has 0 saturated heterocycles. The summed E-state index contributed by atoms with van der Waals surface area (Å²) in [5.41, 5.74) is 2.34. The number of fused-ring (bicyclic) bond motifs is 1. The molecule has 2 N–H and O–H groups in total.